The second kappa shape index (κ2) is 9.51. The molecule has 2 heterocycles. The summed E-state index contributed by atoms with van der Waals surface area (Å²) in [6, 6.07) is 12.1. The number of amides is 1. The maximum Gasteiger partial charge on any atom is 0.237 e. The Hall–Kier alpha value is -2.40. The van der Waals surface area contributed by atoms with Crippen LogP contribution in [-0.4, -0.2) is 35.0 Å². The van der Waals surface area contributed by atoms with E-state index in [-0.39, 0.29) is 11.9 Å². The number of fused-ring (bicyclic) bond motifs is 1. The molecule has 1 amide bonds. The Labute approximate surface area is 161 Å². The van der Waals surface area contributed by atoms with Gasteiger partial charge in [0.1, 0.15) is 0 Å². The first-order valence-corrected chi connectivity index (χ1v) is 9.84. The molecule has 0 radical (unpaired) electrons. The van der Waals surface area contributed by atoms with Crippen LogP contribution < -0.4 is 10.1 Å². The first-order chi connectivity index (χ1) is 13.2. The number of benzene rings is 1. The van der Waals surface area contributed by atoms with Crippen LogP contribution in [0.5, 0.6) is 5.88 Å². The van der Waals surface area contributed by atoms with Gasteiger partial charge in [-0.3, -0.25) is 9.69 Å². The topological polar surface area (TPSA) is 54.5 Å². The predicted molar refractivity (Wildman–Crippen MR) is 107 cm³/mol. The van der Waals surface area contributed by atoms with Crippen LogP contribution in [0.2, 0.25) is 0 Å². The molecule has 5 heteroatoms. The number of nitrogens with one attached hydrogen (secondary N) is 1. The Balaban J connectivity index is 1.55. The zero-order chi connectivity index (χ0) is 19.1. The van der Waals surface area contributed by atoms with E-state index in [1.807, 2.05) is 19.1 Å². The van der Waals surface area contributed by atoms with E-state index in [1.165, 1.54) is 11.1 Å². The van der Waals surface area contributed by atoms with E-state index in [2.05, 4.69) is 46.4 Å². The first kappa shape index (κ1) is 19.4. The van der Waals surface area contributed by atoms with Gasteiger partial charge in [-0.05, 0) is 37.0 Å². The van der Waals surface area contributed by atoms with Crippen LogP contribution >= 0.6 is 0 Å². The first-order valence-electron chi connectivity index (χ1n) is 9.84. The molecule has 144 valence electrons. The number of rotatable bonds is 8. The lowest BCUT2D eigenvalue weighted by Crippen LogP contribution is -2.46. The van der Waals surface area contributed by atoms with Gasteiger partial charge in [-0.1, -0.05) is 43.7 Å². The van der Waals surface area contributed by atoms with Gasteiger partial charge in [0, 0.05) is 31.4 Å². The average Bonchev–Trinajstić information content (AvgIpc) is 2.72. The van der Waals surface area contributed by atoms with E-state index in [4.69, 9.17) is 4.74 Å². The fourth-order valence-corrected chi connectivity index (χ4v) is 3.35. The number of ether oxygens (including phenoxy) is 1. The van der Waals surface area contributed by atoms with Gasteiger partial charge in [0.2, 0.25) is 11.8 Å². The highest BCUT2D eigenvalue weighted by Crippen LogP contribution is 2.20. The standard InChI is InChI=1S/C22H29N3O2/c1-3-4-14-27-22-19(10-7-12-23-22)15-24-21(26)17(2)25-13-11-18-8-5-6-9-20(18)16-25/h5-10,12,17H,3-4,11,13-16H2,1-2H3,(H,24,26). The van der Waals surface area contributed by atoms with Crippen LogP contribution in [0.3, 0.4) is 0 Å². The third kappa shape index (κ3) is 5.07. The summed E-state index contributed by atoms with van der Waals surface area (Å²) in [5.74, 6) is 0.656. The van der Waals surface area contributed by atoms with Gasteiger partial charge in [0.25, 0.3) is 0 Å². The quantitative estimate of drug-likeness (QED) is 0.727. The number of unbranched alkanes of at least 4 members (excludes halogenated alkanes) is 1. The van der Waals surface area contributed by atoms with Crippen LogP contribution in [0, 0.1) is 0 Å². The van der Waals surface area contributed by atoms with Crippen LogP contribution in [0.1, 0.15) is 43.4 Å². The molecule has 0 fully saturated rings. The number of carbonyl (C=O) groups is 1. The minimum atomic E-state index is -0.167. The monoisotopic (exact) mass is 367 g/mol. The predicted octanol–water partition coefficient (Wildman–Crippen LogP) is 3.32. The smallest absolute Gasteiger partial charge is 0.237 e. The van der Waals surface area contributed by atoms with Crippen LogP contribution in [0.25, 0.3) is 0 Å². The van der Waals surface area contributed by atoms with E-state index in [9.17, 15) is 4.79 Å². The van der Waals surface area contributed by atoms with Gasteiger partial charge < -0.3 is 10.1 Å². The van der Waals surface area contributed by atoms with Gasteiger partial charge in [-0.15, -0.1) is 0 Å². The van der Waals surface area contributed by atoms with Gasteiger partial charge >= 0.3 is 0 Å². The van der Waals surface area contributed by atoms with E-state index < -0.39 is 0 Å². The summed E-state index contributed by atoms with van der Waals surface area (Å²) in [6.07, 6.45) is 4.79. The Morgan fingerprint density at radius 2 is 2.07 bits per heavy atom. The molecule has 1 aliphatic rings. The van der Waals surface area contributed by atoms with Crippen LogP contribution in [0.15, 0.2) is 42.6 Å². The second-order valence-corrected chi connectivity index (χ2v) is 7.05. The van der Waals surface area contributed by atoms with Crippen molar-refractivity contribution in [2.24, 2.45) is 0 Å². The van der Waals surface area contributed by atoms with Gasteiger partial charge in [0.05, 0.1) is 12.6 Å². The van der Waals surface area contributed by atoms with Crippen LogP contribution in [0.4, 0.5) is 0 Å². The summed E-state index contributed by atoms with van der Waals surface area (Å²) in [6.45, 7) is 6.92. The molecule has 1 aliphatic heterocycles. The summed E-state index contributed by atoms with van der Waals surface area (Å²) >= 11 is 0. The summed E-state index contributed by atoms with van der Waals surface area (Å²) in [5, 5.41) is 3.05. The Morgan fingerprint density at radius 3 is 2.89 bits per heavy atom. The maximum absolute atomic E-state index is 12.7. The van der Waals surface area contributed by atoms with Crippen molar-refractivity contribution in [2.45, 2.75) is 52.2 Å². The number of pyridine rings is 1. The van der Waals surface area contributed by atoms with Crippen molar-refractivity contribution in [3.05, 3.63) is 59.3 Å². The van der Waals surface area contributed by atoms with Gasteiger partial charge in [-0.2, -0.15) is 0 Å². The van der Waals surface area contributed by atoms with Crippen molar-refractivity contribution in [1.82, 2.24) is 15.2 Å². The lowest BCUT2D eigenvalue weighted by molar-refractivity contribution is -0.126. The minimum absolute atomic E-state index is 0.0396. The minimum Gasteiger partial charge on any atom is -0.477 e. The number of hydrogen-bond acceptors (Lipinski definition) is 4. The summed E-state index contributed by atoms with van der Waals surface area (Å²) in [5.41, 5.74) is 3.63. The molecule has 1 aromatic heterocycles. The fourth-order valence-electron chi connectivity index (χ4n) is 3.35. The normalized spacial score (nSPS) is 15.0. The number of aromatic nitrogens is 1. The van der Waals surface area contributed by atoms with Gasteiger partial charge in [-0.25, -0.2) is 4.98 Å². The molecule has 1 atom stereocenters. The van der Waals surface area contributed by atoms with E-state index in [1.54, 1.807) is 6.20 Å². The molecule has 0 saturated carbocycles. The summed E-state index contributed by atoms with van der Waals surface area (Å²) in [7, 11) is 0. The molecule has 0 saturated heterocycles. The van der Waals surface area contributed by atoms with Crippen molar-refractivity contribution >= 4 is 5.91 Å². The van der Waals surface area contributed by atoms with E-state index in [0.717, 1.165) is 37.9 Å². The summed E-state index contributed by atoms with van der Waals surface area (Å²) in [4.78, 5) is 19.2. The molecule has 2 aromatic rings. The maximum atomic E-state index is 12.7. The summed E-state index contributed by atoms with van der Waals surface area (Å²) < 4.78 is 5.75. The number of hydrogen-bond donors (Lipinski definition) is 1. The lowest BCUT2D eigenvalue weighted by atomic mass is 9.99. The highest BCUT2D eigenvalue weighted by atomic mass is 16.5. The SMILES string of the molecule is CCCCOc1ncccc1CNC(=O)C(C)N1CCc2ccccc2C1. The highest BCUT2D eigenvalue weighted by molar-refractivity contribution is 5.81. The molecular weight excluding hydrogens is 338 g/mol. The number of carbonyl (C=O) groups excluding carboxylic acids is 1. The Kier molecular flexibility index (Phi) is 6.82. The zero-order valence-electron chi connectivity index (χ0n) is 16.3. The van der Waals surface area contributed by atoms with Crippen molar-refractivity contribution in [3.63, 3.8) is 0 Å². The lowest BCUT2D eigenvalue weighted by Gasteiger charge is -2.32. The molecule has 0 bridgehead atoms. The molecule has 27 heavy (non-hydrogen) atoms. The van der Waals surface area contributed by atoms with Gasteiger partial charge in [0.15, 0.2) is 0 Å². The van der Waals surface area contributed by atoms with Crippen molar-refractivity contribution in [3.8, 4) is 5.88 Å². The third-order valence-electron chi connectivity index (χ3n) is 5.13. The Morgan fingerprint density at radius 1 is 1.26 bits per heavy atom. The van der Waals surface area contributed by atoms with E-state index >= 15 is 0 Å². The van der Waals surface area contributed by atoms with Crippen LogP contribution in [-0.2, 0) is 24.3 Å². The molecule has 0 aliphatic carbocycles. The zero-order valence-corrected chi connectivity index (χ0v) is 16.3. The van der Waals surface area contributed by atoms with E-state index in [0.29, 0.717) is 19.0 Å². The third-order valence-corrected chi connectivity index (χ3v) is 5.13. The highest BCUT2D eigenvalue weighted by Gasteiger charge is 2.25. The fraction of sp³-hybridized carbons (Fsp3) is 0.455. The van der Waals surface area contributed by atoms with Crippen molar-refractivity contribution in [1.29, 1.82) is 0 Å². The average molecular weight is 367 g/mol. The molecule has 1 unspecified atom stereocenters. The molecule has 5 nitrogen and oxygen atoms in total. The molecule has 1 N–H and O–H groups in total. The Bertz CT molecular complexity index is 763. The largest absolute Gasteiger partial charge is 0.477 e. The molecule has 1 aromatic carbocycles. The molecule has 3 rings (SSSR count). The van der Waals surface area contributed by atoms with Crippen molar-refractivity contribution in [2.75, 3.05) is 13.2 Å². The second-order valence-electron chi connectivity index (χ2n) is 7.05. The molecular formula is C22H29N3O2. The number of nitrogens with zero attached hydrogens (tertiary/aromatic N) is 2. The molecule has 0 spiro atoms. The van der Waals surface area contributed by atoms with Crippen molar-refractivity contribution < 1.29 is 9.53 Å².